The first kappa shape index (κ1) is 13.5. The van der Waals surface area contributed by atoms with E-state index in [1.165, 1.54) is 0 Å². The predicted molar refractivity (Wildman–Crippen MR) is 64.4 cm³/mol. The third-order valence-corrected chi connectivity index (χ3v) is 3.66. The fourth-order valence-electron chi connectivity index (χ4n) is 2.65. The highest BCUT2D eigenvalue weighted by atomic mass is 19.3. The molecule has 0 radical (unpaired) electrons. The van der Waals surface area contributed by atoms with Gasteiger partial charge in [0.15, 0.2) is 0 Å². The van der Waals surface area contributed by atoms with Crippen LogP contribution in [0.3, 0.4) is 0 Å². The Balaban J connectivity index is 1.92. The first-order chi connectivity index (χ1) is 8.50. The van der Waals surface area contributed by atoms with Gasteiger partial charge in [-0.05, 0) is 32.1 Å². The van der Waals surface area contributed by atoms with Gasteiger partial charge in [-0.3, -0.25) is 4.68 Å². The van der Waals surface area contributed by atoms with Crippen molar-refractivity contribution >= 4 is 0 Å². The lowest BCUT2D eigenvalue weighted by Crippen LogP contribution is -2.27. The zero-order valence-electron chi connectivity index (χ0n) is 10.6. The highest BCUT2D eigenvalue weighted by Crippen LogP contribution is 2.40. The van der Waals surface area contributed by atoms with Gasteiger partial charge in [-0.1, -0.05) is 0 Å². The zero-order chi connectivity index (χ0) is 13.2. The van der Waals surface area contributed by atoms with Crippen LogP contribution in [0.1, 0.15) is 50.7 Å². The van der Waals surface area contributed by atoms with E-state index in [1.54, 1.807) is 17.1 Å². The van der Waals surface area contributed by atoms with Gasteiger partial charge < -0.3 is 5.11 Å². The molecule has 2 atom stereocenters. The summed E-state index contributed by atoms with van der Waals surface area (Å²) in [5, 5.41) is 14.1. The number of nitrogens with zero attached hydrogens (tertiary/aromatic N) is 2. The zero-order valence-corrected chi connectivity index (χ0v) is 10.6. The van der Waals surface area contributed by atoms with Crippen molar-refractivity contribution in [2.24, 2.45) is 5.92 Å². The van der Waals surface area contributed by atoms with Crippen molar-refractivity contribution < 1.29 is 13.9 Å². The molecule has 0 amide bonds. The minimum Gasteiger partial charge on any atom is -0.388 e. The number of halogens is 2. The second-order valence-corrected chi connectivity index (χ2v) is 5.20. The van der Waals surface area contributed by atoms with Crippen LogP contribution in [0.15, 0.2) is 12.4 Å². The molecule has 1 fully saturated rings. The van der Waals surface area contributed by atoms with Gasteiger partial charge in [0.2, 0.25) is 5.92 Å². The first-order valence-electron chi connectivity index (χ1n) is 6.58. The van der Waals surface area contributed by atoms with Crippen LogP contribution in [0, 0.1) is 5.92 Å². The van der Waals surface area contributed by atoms with Gasteiger partial charge in [0.05, 0.1) is 12.3 Å². The summed E-state index contributed by atoms with van der Waals surface area (Å²) in [6, 6.07) is 0. The molecular weight excluding hydrogens is 238 g/mol. The molecule has 3 nitrogen and oxygen atoms in total. The van der Waals surface area contributed by atoms with Gasteiger partial charge in [-0.2, -0.15) is 5.10 Å². The molecule has 0 bridgehead atoms. The Morgan fingerprint density at radius 3 is 3.00 bits per heavy atom. The quantitative estimate of drug-likeness (QED) is 0.901. The summed E-state index contributed by atoms with van der Waals surface area (Å²) in [6.45, 7) is 2.71. The maximum Gasteiger partial charge on any atom is 0.248 e. The third kappa shape index (κ3) is 3.28. The molecule has 2 rings (SSSR count). The van der Waals surface area contributed by atoms with Crippen molar-refractivity contribution in [3.8, 4) is 0 Å². The van der Waals surface area contributed by atoms with Gasteiger partial charge in [0.1, 0.15) is 0 Å². The first-order valence-corrected chi connectivity index (χ1v) is 6.58. The molecule has 18 heavy (non-hydrogen) atoms. The largest absolute Gasteiger partial charge is 0.388 e. The number of aromatic nitrogens is 2. The highest BCUT2D eigenvalue weighted by Gasteiger charge is 2.36. The Kier molecular flexibility index (Phi) is 4.00. The molecule has 1 aliphatic carbocycles. The second kappa shape index (κ2) is 5.34. The van der Waals surface area contributed by atoms with E-state index in [2.05, 4.69) is 5.10 Å². The smallest absolute Gasteiger partial charge is 0.248 e. The summed E-state index contributed by atoms with van der Waals surface area (Å²) in [7, 11) is 0. The Morgan fingerprint density at radius 1 is 1.61 bits per heavy atom. The van der Waals surface area contributed by atoms with Crippen LogP contribution in [-0.2, 0) is 6.54 Å². The summed E-state index contributed by atoms with van der Waals surface area (Å²) < 4.78 is 28.3. The Morgan fingerprint density at radius 2 is 2.39 bits per heavy atom. The molecule has 0 saturated heterocycles. The summed E-state index contributed by atoms with van der Waals surface area (Å²) in [5.74, 6) is -2.63. The summed E-state index contributed by atoms with van der Waals surface area (Å²) in [5.41, 5.74) is 0.728. The standard InChI is InChI=1S/C13H20F2N2O/c1-2-17-9-11(8-16-17)12(18)6-10-4-3-5-13(14,15)7-10/h8-10,12,18H,2-7H2,1H3. The summed E-state index contributed by atoms with van der Waals surface area (Å²) >= 11 is 0. The van der Waals surface area contributed by atoms with Crippen molar-refractivity contribution in [2.45, 2.75) is 57.6 Å². The van der Waals surface area contributed by atoms with Crippen molar-refractivity contribution in [3.63, 3.8) is 0 Å². The molecule has 1 aliphatic rings. The molecule has 0 spiro atoms. The SMILES string of the molecule is CCn1cc(C(O)CC2CCCC(F)(F)C2)cn1. The number of rotatable bonds is 4. The van der Waals surface area contributed by atoms with Crippen molar-refractivity contribution in [3.05, 3.63) is 18.0 Å². The van der Waals surface area contributed by atoms with E-state index in [-0.39, 0.29) is 18.8 Å². The van der Waals surface area contributed by atoms with E-state index in [4.69, 9.17) is 0 Å². The van der Waals surface area contributed by atoms with E-state index < -0.39 is 12.0 Å². The summed E-state index contributed by atoms with van der Waals surface area (Å²) in [6.07, 6.45) is 4.38. The molecule has 102 valence electrons. The normalized spacial score (nSPS) is 25.0. The third-order valence-electron chi connectivity index (χ3n) is 3.66. The average Bonchev–Trinajstić information content (AvgIpc) is 2.76. The molecule has 5 heteroatoms. The van der Waals surface area contributed by atoms with Gasteiger partial charge in [-0.25, -0.2) is 8.78 Å². The minimum absolute atomic E-state index is 0.00658. The van der Waals surface area contributed by atoms with Crippen LogP contribution in [0.5, 0.6) is 0 Å². The van der Waals surface area contributed by atoms with Crippen molar-refractivity contribution in [2.75, 3.05) is 0 Å². The minimum atomic E-state index is -2.55. The van der Waals surface area contributed by atoms with Gasteiger partial charge in [0.25, 0.3) is 0 Å². The molecular formula is C13H20F2N2O. The molecule has 1 N–H and O–H groups in total. The van der Waals surface area contributed by atoms with Gasteiger partial charge in [-0.15, -0.1) is 0 Å². The molecule has 1 heterocycles. The van der Waals surface area contributed by atoms with Crippen molar-refractivity contribution in [1.29, 1.82) is 0 Å². The van der Waals surface area contributed by atoms with Gasteiger partial charge >= 0.3 is 0 Å². The second-order valence-electron chi connectivity index (χ2n) is 5.20. The molecule has 1 aromatic heterocycles. The summed E-state index contributed by atoms with van der Waals surface area (Å²) in [4.78, 5) is 0. The molecule has 0 aliphatic heterocycles. The number of hydrogen-bond acceptors (Lipinski definition) is 2. The lowest BCUT2D eigenvalue weighted by atomic mass is 9.82. The Bertz CT molecular complexity index is 392. The lowest BCUT2D eigenvalue weighted by Gasteiger charge is -2.29. The van der Waals surface area contributed by atoms with E-state index >= 15 is 0 Å². The van der Waals surface area contributed by atoms with Crippen molar-refractivity contribution in [1.82, 2.24) is 9.78 Å². The topological polar surface area (TPSA) is 38.0 Å². The number of hydrogen-bond donors (Lipinski definition) is 1. The highest BCUT2D eigenvalue weighted by molar-refractivity contribution is 5.08. The maximum absolute atomic E-state index is 13.3. The molecule has 1 saturated carbocycles. The molecule has 0 aromatic carbocycles. The number of aryl methyl sites for hydroxylation is 1. The predicted octanol–water partition coefficient (Wildman–Crippen LogP) is 3.15. The van der Waals surface area contributed by atoms with Gasteiger partial charge in [0, 0.05) is 31.1 Å². The Labute approximate surface area is 106 Å². The fraction of sp³-hybridized carbons (Fsp3) is 0.769. The van der Waals surface area contributed by atoms with Crippen LogP contribution in [0.2, 0.25) is 0 Å². The number of alkyl halides is 2. The Hall–Kier alpha value is -0.970. The van der Waals surface area contributed by atoms with E-state index in [9.17, 15) is 13.9 Å². The van der Waals surface area contributed by atoms with Crippen LogP contribution in [-0.4, -0.2) is 20.8 Å². The average molecular weight is 258 g/mol. The van der Waals surface area contributed by atoms with Crippen LogP contribution in [0.25, 0.3) is 0 Å². The fourth-order valence-corrected chi connectivity index (χ4v) is 2.65. The number of aliphatic hydroxyl groups is 1. The van der Waals surface area contributed by atoms with E-state index in [0.717, 1.165) is 18.5 Å². The molecule has 2 unspecified atom stereocenters. The maximum atomic E-state index is 13.3. The number of aliphatic hydroxyl groups excluding tert-OH is 1. The van der Waals surface area contributed by atoms with Crippen LogP contribution < -0.4 is 0 Å². The van der Waals surface area contributed by atoms with Crippen LogP contribution in [0.4, 0.5) is 8.78 Å². The van der Waals surface area contributed by atoms with E-state index in [0.29, 0.717) is 12.8 Å². The van der Waals surface area contributed by atoms with E-state index in [1.807, 2.05) is 6.92 Å². The molecule has 1 aromatic rings. The lowest BCUT2D eigenvalue weighted by molar-refractivity contribution is -0.0590. The monoisotopic (exact) mass is 258 g/mol. The van der Waals surface area contributed by atoms with Crippen LogP contribution >= 0.6 is 0 Å².